The van der Waals surface area contributed by atoms with E-state index in [9.17, 15) is 19.2 Å². The number of aryl methyl sites for hydroxylation is 1. The molecule has 0 radical (unpaired) electrons. The average Bonchev–Trinajstić information content (AvgIpc) is 2.53. The van der Waals surface area contributed by atoms with E-state index < -0.39 is 29.9 Å². The van der Waals surface area contributed by atoms with E-state index in [4.69, 9.17) is 9.15 Å². The maximum Gasteiger partial charge on any atom is 0.374 e. The average molecular weight is 332 g/mol. The number of nitrogens with one attached hydrogen (secondary N) is 2. The highest BCUT2D eigenvalue weighted by Gasteiger charge is 2.16. The van der Waals surface area contributed by atoms with E-state index in [-0.39, 0.29) is 11.3 Å². The molecule has 24 heavy (non-hydrogen) atoms. The summed E-state index contributed by atoms with van der Waals surface area (Å²) in [5.41, 5.74) is 0.734. The van der Waals surface area contributed by atoms with Crippen LogP contribution in [0.5, 0.6) is 0 Å². The van der Waals surface area contributed by atoms with Crippen LogP contribution in [0.2, 0.25) is 0 Å². The molecule has 0 spiro atoms. The number of benzene rings is 1. The number of fused-ring (bicyclic) bond motifs is 1. The van der Waals surface area contributed by atoms with E-state index in [1.165, 1.54) is 0 Å². The number of hydrogen-bond donors (Lipinski definition) is 2. The van der Waals surface area contributed by atoms with Crippen molar-refractivity contribution in [2.75, 3.05) is 13.2 Å². The number of carbonyl (C=O) groups excluding carboxylic acids is 3. The van der Waals surface area contributed by atoms with Crippen molar-refractivity contribution in [2.45, 2.75) is 13.8 Å². The summed E-state index contributed by atoms with van der Waals surface area (Å²) in [6.07, 6.45) is 0. The van der Waals surface area contributed by atoms with Crippen LogP contribution in [0, 0.1) is 6.92 Å². The standard InChI is InChI=1S/C16H16N2O6/c1-3-17-16(22)18-14(20)8-23-15(21)13-7-11(19)10-6-9(2)4-5-12(10)24-13/h4-7H,3,8H2,1-2H3,(H2,17,18,20,22). The van der Waals surface area contributed by atoms with Crippen LogP contribution in [0.4, 0.5) is 4.79 Å². The van der Waals surface area contributed by atoms with Crippen molar-refractivity contribution in [1.29, 1.82) is 0 Å². The first-order chi connectivity index (χ1) is 11.4. The van der Waals surface area contributed by atoms with Gasteiger partial charge in [-0.25, -0.2) is 9.59 Å². The highest BCUT2D eigenvalue weighted by molar-refractivity contribution is 5.96. The zero-order valence-corrected chi connectivity index (χ0v) is 13.2. The Balaban J connectivity index is 2.06. The van der Waals surface area contributed by atoms with Crippen LogP contribution in [-0.4, -0.2) is 31.1 Å². The molecule has 2 rings (SSSR count). The van der Waals surface area contributed by atoms with E-state index in [0.717, 1.165) is 11.6 Å². The predicted molar refractivity (Wildman–Crippen MR) is 84.7 cm³/mol. The second-order valence-corrected chi connectivity index (χ2v) is 4.96. The van der Waals surface area contributed by atoms with Crippen LogP contribution in [0.25, 0.3) is 11.0 Å². The number of esters is 1. The highest BCUT2D eigenvalue weighted by Crippen LogP contribution is 2.14. The summed E-state index contributed by atoms with van der Waals surface area (Å²) < 4.78 is 10.1. The topological polar surface area (TPSA) is 115 Å². The molecular formula is C16H16N2O6. The second-order valence-electron chi connectivity index (χ2n) is 4.96. The first-order valence-corrected chi connectivity index (χ1v) is 7.20. The van der Waals surface area contributed by atoms with E-state index in [1.54, 1.807) is 25.1 Å². The Morgan fingerprint density at radius 1 is 1.21 bits per heavy atom. The van der Waals surface area contributed by atoms with Gasteiger partial charge in [0.1, 0.15) is 5.58 Å². The van der Waals surface area contributed by atoms with Crippen LogP contribution < -0.4 is 16.1 Å². The van der Waals surface area contributed by atoms with Gasteiger partial charge in [-0.15, -0.1) is 0 Å². The van der Waals surface area contributed by atoms with Gasteiger partial charge < -0.3 is 14.5 Å². The fourth-order valence-corrected chi connectivity index (χ4v) is 1.94. The lowest BCUT2D eigenvalue weighted by molar-refractivity contribution is -0.123. The van der Waals surface area contributed by atoms with E-state index in [2.05, 4.69) is 5.32 Å². The first kappa shape index (κ1) is 17.2. The Labute approximate surface area is 136 Å². The number of urea groups is 1. The van der Waals surface area contributed by atoms with Crippen molar-refractivity contribution >= 4 is 28.9 Å². The molecule has 8 nitrogen and oxygen atoms in total. The van der Waals surface area contributed by atoms with Crippen molar-refractivity contribution in [3.8, 4) is 0 Å². The summed E-state index contributed by atoms with van der Waals surface area (Å²) in [5.74, 6) is -2.09. The zero-order chi connectivity index (χ0) is 17.7. The molecule has 2 N–H and O–H groups in total. The smallest absolute Gasteiger partial charge is 0.374 e. The molecule has 0 fully saturated rings. The second kappa shape index (κ2) is 7.40. The number of amides is 3. The van der Waals surface area contributed by atoms with Crippen molar-refractivity contribution in [3.05, 3.63) is 45.8 Å². The van der Waals surface area contributed by atoms with Gasteiger partial charge in [0.15, 0.2) is 12.0 Å². The molecule has 0 aliphatic heterocycles. The van der Waals surface area contributed by atoms with Crippen molar-refractivity contribution in [2.24, 2.45) is 0 Å². The highest BCUT2D eigenvalue weighted by atomic mass is 16.5. The predicted octanol–water partition coefficient (Wildman–Crippen LogP) is 1.10. The van der Waals surface area contributed by atoms with Gasteiger partial charge in [-0.1, -0.05) is 11.6 Å². The molecule has 1 aromatic heterocycles. The van der Waals surface area contributed by atoms with Gasteiger partial charge in [0.05, 0.1) is 5.39 Å². The van der Waals surface area contributed by atoms with Crippen LogP contribution in [-0.2, 0) is 9.53 Å². The van der Waals surface area contributed by atoms with E-state index in [0.29, 0.717) is 11.9 Å². The molecule has 1 aromatic carbocycles. The summed E-state index contributed by atoms with van der Waals surface area (Å²) >= 11 is 0. The Kier molecular flexibility index (Phi) is 5.31. The Bertz CT molecular complexity index is 855. The summed E-state index contributed by atoms with van der Waals surface area (Å²) in [6.45, 7) is 3.19. The number of ether oxygens (including phenoxy) is 1. The minimum Gasteiger partial charge on any atom is -0.450 e. The lowest BCUT2D eigenvalue weighted by Crippen LogP contribution is -2.41. The van der Waals surface area contributed by atoms with Gasteiger partial charge in [-0.05, 0) is 26.0 Å². The minimum absolute atomic E-state index is 0.242. The fourth-order valence-electron chi connectivity index (χ4n) is 1.94. The first-order valence-electron chi connectivity index (χ1n) is 7.20. The van der Waals surface area contributed by atoms with E-state index >= 15 is 0 Å². The Morgan fingerprint density at radius 3 is 2.67 bits per heavy atom. The Morgan fingerprint density at radius 2 is 1.96 bits per heavy atom. The van der Waals surface area contributed by atoms with Crippen LogP contribution in [0.1, 0.15) is 23.0 Å². The van der Waals surface area contributed by atoms with Gasteiger partial charge in [0.25, 0.3) is 5.91 Å². The normalized spacial score (nSPS) is 10.2. The monoisotopic (exact) mass is 332 g/mol. The lowest BCUT2D eigenvalue weighted by Gasteiger charge is -2.06. The zero-order valence-electron chi connectivity index (χ0n) is 13.2. The third kappa shape index (κ3) is 4.19. The molecular weight excluding hydrogens is 316 g/mol. The third-order valence-electron chi connectivity index (χ3n) is 3.01. The number of rotatable bonds is 4. The van der Waals surface area contributed by atoms with Crippen LogP contribution in [0.3, 0.4) is 0 Å². The molecule has 0 saturated carbocycles. The lowest BCUT2D eigenvalue weighted by atomic mass is 10.1. The molecule has 0 atom stereocenters. The number of hydrogen-bond acceptors (Lipinski definition) is 6. The SMILES string of the molecule is CCNC(=O)NC(=O)COC(=O)c1cc(=O)c2cc(C)ccc2o1. The van der Waals surface area contributed by atoms with Gasteiger partial charge >= 0.3 is 12.0 Å². The number of carbonyl (C=O) groups is 3. The summed E-state index contributed by atoms with van der Waals surface area (Å²) in [7, 11) is 0. The van der Waals surface area contributed by atoms with Gasteiger partial charge in [-0.2, -0.15) is 0 Å². The molecule has 0 unspecified atom stereocenters. The summed E-state index contributed by atoms with van der Waals surface area (Å²) in [6, 6.07) is 5.28. The van der Waals surface area contributed by atoms with Crippen molar-refractivity contribution in [1.82, 2.24) is 10.6 Å². The van der Waals surface area contributed by atoms with Crippen LogP contribution in [0.15, 0.2) is 33.5 Å². The maximum atomic E-state index is 12.0. The van der Waals surface area contributed by atoms with Crippen molar-refractivity contribution < 1.29 is 23.5 Å². The molecule has 0 saturated heterocycles. The fraction of sp³-hybridized carbons (Fsp3) is 0.250. The molecule has 8 heteroatoms. The quantitative estimate of drug-likeness (QED) is 0.810. The summed E-state index contributed by atoms with van der Waals surface area (Å²) in [4.78, 5) is 46.5. The molecule has 2 aromatic rings. The largest absolute Gasteiger partial charge is 0.450 e. The number of imide groups is 1. The Hall–Kier alpha value is -3.16. The van der Waals surface area contributed by atoms with Gasteiger partial charge in [0.2, 0.25) is 5.76 Å². The molecule has 126 valence electrons. The van der Waals surface area contributed by atoms with Crippen molar-refractivity contribution in [3.63, 3.8) is 0 Å². The molecule has 1 heterocycles. The molecule has 3 amide bonds. The maximum absolute atomic E-state index is 12.0. The molecule has 0 aliphatic rings. The third-order valence-corrected chi connectivity index (χ3v) is 3.01. The minimum atomic E-state index is -0.972. The molecule has 0 aliphatic carbocycles. The molecule has 0 bridgehead atoms. The van der Waals surface area contributed by atoms with E-state index in [1.807, 2.05) is 12.2 Å². The summed E-state index contributed by atoms with van der Waals surface area (Å²) in [5, 5.41) is 4.68. The van der Waals surface area contributed by atoms with Gasteiger partial charge in [0, 0.05) is 12.6 Å². The van der Waals surface area contributed by atoms with Gasteiger partial charge in [-0.3, -0.25) is 14.9 Å². The van der Waals surface area contributed by atoms with Crippen LogP contribution >= 0.6 is 0 Å².